The summed E-state index contributed by atoms with van der Waals surface area (Å²) < 4.78 is 5.34. The zero-order valence-corrected chi connectivity index (χ0v) is 11.9. The van der Waals surface area contributed by atoms with Crippen molar-refractivity contribution in [3.63, 3.8) is 0 Å². The third kappa shape index (κ3) is 3.05. The summed E-state index contributed by atoms with van der Waals surface area (Å²) in [4.78, 5) is 13.0. The highest BCUT2D eigenvalue weighted by atomic mass is 16.5. The average Bonchev–Trinajstić information content (AvgIpc) is 2.58. The number of rotatable bonds is 4. The van der Waals surface area contributed by atoms with Crippen LogP contribution in [-0.4, -0.2) is 12.4 Å². The van der Waals surface area contributed by atoms with Crippen LogP contribution in [0.2, 0.25) is 0 Å². The lowest BCUT2D eigenvalue weighted by molar-refractivity contribution is -0.116. The molecule has 0 aliphatic carbocycles. The van der Waals surface area contributed by atoms with E-state index in [1.165, 1.54) is 0 Å². The van der Waals surface area contributed by atoms with Crippen molar-refractivity contribution >= 4 is 5.78 Å². The van der Waals surface area contributed by atoms with Crippen molar-refractivity contribution in [3.05, 3.63) is 83.6 Å². The maximum atomic E-state index is 13.0. The molecule has 3 rings (SSSR count). The van der Waals surface area contributed by atoms with Crippen LogP contribution in [0.4, 0.5) is 0 Å². The maximum Gasteiger partial charge on any atom is 0.173 e. The molecule has 0 N–H and O–H groups in total. The van der Waals surface area contributed by atoms with Crippen molar-refractivity contribution in [2.75, 3.05) is 6.61 Å². The largest absolute Gasteiger partial charge is 0.501 e. The minimum atomic E-state index is -0.250. The number of hydrogen-bond donors (Lipinski definition) is 0. The molecule has 1 heterocycles. The molecule has 106 valence electrons. The van der Waals surface area contributed by atoms with Crippen LogP contribution in [0.5, 0.6) is 0 Å². The Kier molecular flexibility index (Phi) is 4.15. The van der Waals surface area contributed by atoms with Crippen molar-refractivity contribution in [1.29, 1.82) is 0 Å². The van der Waals surface area contributed by atoms with E-state index in [9.17, 15) is 4.79 Å². The van der Waals surface area contributed by atoms with E-state index < -0.39 is 0 Å². The van der Waals surface area contributed by atoms with Crippen LogP contribution in [0.3, 0.4) is 0 Å². The van der Waals surface area contributed by atoms with Gasteiger partial charge in [-0.05, 0) is 24.0 Å². The number of Topliss-reactive ketones (excluding diaryl/α,β-unsaturated/α-hetero) is 1. The number of hydrogen-bond acceptors (Lipinski definition) is 2. The number of ketones is 1. The molecule has 0 fully saturated rings. The van der Waals surface area contributed by atoms with Crippen molar-refractivity contribution in [3.8, 4) is 0 Å². The van der Waals surface area contributed by atoms with E-state index in [2.05, 4.69) is 0 Å². The molecule has 2 nitrogen and oxygen atoms in total. The summed E-state index contributed by atoms with van der Waals surface area (Å²) in [6, 6.07) is 19.9. The van der Waals surface area contributed by atoms with Crippen molar-refractivity contribution in [1.82, 2.24) is 0 Å². The fraction of sp³-hybridized carbons (Fsp3) is 0.211. The Bertz CT molecular complexity index is 590. The van der Waals surface area contributed by atoms with E-state index in [1.54, 1.807) is 6.26 Å². The summed E-state index contributed by atoms with van der Waals surface area (Å²) >= 11 is 0. The minimum Gasteiger partial charge on any atom is -0.501 e. The summed E-state index contributed by atoms with van der Waals surface area (Å²) in [6.45, 7) is 0.706. The third-order valence-corrected chi connectivity index (χ3v) is 3.78. The Morgan fingerprint density at radius 3 is 1.95 bits per heavy atom. The summed E-state index contributed by atoms with van der Waals surface area (Å²) in [7, 11) is 0. The second kappa shape index (κ2) is 6.40. The van der Waals surface area contributed by atoms with Gasteiger partial charge in [0, 0.05) is 5.57 Å². The predicted octanol–water partition coefficient (Wildman–Crippen LogP) is 4.08. The summed E-state index contributed by atoms with van der Waals surface area (Å²) in [5.41, 5.74) is 2.85. The van der Waals surface area contributed by atoms with Gasteiger partial charge < -0.3 is 4.74 Å². The van der Waals surface area contributed by atoms with Crippen molar-refractivity contribution in [2.24, 2.45) is 0 Å². The highest BCUT2D eigenvalue weighted by Crippen LogP contribution is 2.30. The van der Waals surface area contributed by atoms with Gasteiger partial charge in [0.2, 0.25) is 0 Å². The lowest BCUT2D eigenvalue weighted by Gasteiger charge is -2.20. The Hall–Kier alpha value is -2.35. The first kappa shape index (κ1) is 13.6. The number of benzene rings is 2. The van der Waals surface area contributed by atoms with Gasteiger partial charge in [0.25, 0.3) is 0 Å². The fourth-order valence-corrected chi connectivity index (χ4v) is 2.72. The second-order valence-corrected chi connectivity index (χ2v) is 5.24. The molecule has 0 saturated heterocycles. The quantitative estimate of drug-likeness (QED) is 0.842. The molecule has 0 radical (unpaired) electrons. The zero-order chi connectivity index (χ0) is 14.5. The molecule has 2 aromatic rings. The molecule has 2 aromatic carbocycles. The lowest BCUT2D eigenvalue weighted by atomic mass is 9.84. The number of carbonyl (C=O) groups is 1. The molecule has 0 aromatic heterocycles. The molecular formula is C19H18O2. The van der Waals surface area contributed by atoms with Crippen LogP contribution < -0.4 is 0 Å². The molecule has 0 unspecified atom stereocenters. The van der Waals surface area contributed by atoms with Crippen molar-refractivity contribution < 1.29 is 9.53 Å². The highest BCUT2D eigenvalue weighted by molar-refractivity contribution is 6.02. The Morgan fingerprint density at radius 1 is 0.905 bits per heavy atom. The molecule has 0 amide bonds. The van der Waals surface area contributed by atoms with Crippen LogP contribution in [0.1, 0.15) is 29.9 Å². The topological polar surface area (TPSA) is 26.3 Å². The Labute approximate surface area is 125 Å². The average molecular weight is 278 g/mol. The SMILES string of the molecule is O=C(C1=COCCC1)C(c1ccccc1)c1ccccc1. The van der Waals surface area contributed by atoms with Crippen LogP contribution in [0.25, 0.3) is 0 Å². The molecule has 0 spiro atoms. The molecule has 0 saturated carbocycles. The normalized spacial score (nSPS) is 14.4. The second-order valence-electron chi connectivity index (χ2n) is 5.24. The third-order valence-electron chi connectivity index (χ3n) is 3.78. The minimum absolute atomic E-state index is 0.145. The monoisotopic (exact) mass is 278 g/mol. The molecule has 1 aliphatic rings. The number of carbonyl (C=O) groups excluding carboxylic acids is 1. The van der Waals surface area contributed by atoms with E-state index in [0.29, 0.717) is 6.61 Å². The molecule has 0 atom stereocenters. The number of ether oxygens (including phenoxy) is 1. The Morgan fingerprint density at radius 2 is 1.48 bits per heavy atom. The molecule has 1 aliphatic heterocycles. The van der Waals surface area contributed by atoms with E-state index in [1.807, 2.05) is 60.7 Å². The van der Waals surface area contributed by atoms with E-state index in [-0.39, 0.29) is 11.7 Å². The summed E-state index contributed by atoms with van der Waals surface area (Å²) in [5, 5.41) is 0. The van der Waals surface area contributed by atoms with Gasteiger partial charge in [-0.1, -0.05) is 60.7 Å². The van der Waals surface area contributed by atoms with Gasteiger partial charge in [-0.2, -0.15) is 0 Å². The molecule has 0 bridgehead atoms. The lowest BCUT2D eigenvalue weighted by Crippen LogP contribution is -2.18. The van der Waals surface area contributed by atoms with Crippen LogP contribution >= 0.6 is 0 Å². The zero-order valence-electron chi connectivity index (χ0n) is 11.9. The standard InChI is InChI=1S/C19H18O2/c20-19(17-12-7-13-21-14-17)18(15-8-3-1-4-9-15)16-10-5-2-6-11-16/h1-6,8-11,14,18H,7,12-13H2. The van der Waals surface area contributed by atoms with Gasteiger partial charge in [-0.3, -0.25) is 4.79 Å². The van der Waals surface area contributed by atoms with Gasteiger partial charge in [0.15, 0.2) is 5.78 Å². The summed E-state index contributed by atoms with van der Waals surface area (Å²) in [6.07, 6.45) is 3.35. The highest BCUT2D eigenvalue weighted by Gasteiger charge is 2.26. The number of allylic oxidation sites excluding steroid dienone is 1. The fourth-order valence-electron chi connectivity index (χ4n) is 2.72. The van der Waals surface area contributed by atoms with Crippen molar-refractivity contribution in [2.45, 2.75) is 18.8 Å². The molecule has 2 heteroatoms. The van der Waals surface area contributed by atoms with E-state index in [0.717, 1.165) is 29.5 Å². The van der Waals surface area contributed by atoms with Gasteiger partial charge >= 0.3 is 0 Å². The van der Waals surface area contributed by atoms with Gasteiger partial charge in [0.1, 0.15) is 0 Å². The summed E-state index contributed by atoms with van der Waals surface area (Å²) in [5.74, 6) is -0.104. The first-order valence-corrected chi connectivity index (χ1v) is 7.31. The van der Waals surface area contributed by atoms with E-state index in [4.69, 9.17) is 4.74 Å². The smallest absolute Gasteiger partial charge is 0.173 e. The first-order chi connectivity index (χ1) is 10.4. The Balaban J connectivity index is 2.00. The molecular weight excluding hydrogens is 260 g/mol. The van der Waals surface area contributed by atoms with E-state index >= 15 is 0 Å². The first-order valence-electron chi connectivity index (χ1n) is 7.31. The predicted molar refractivity (Wildman–Crippen MR) is 83.0 cm³/mol. The van der Waals surface area contributed by atoms with Gasteiger partial charge in [0.05, 0.1) is 18.8 Å². The van der Waals surface area contributed by atoms with Crippen LogP contribution in [0, 0.1) is 0 Å². The van der Waals surface area contributed by atoms with Crippen LogP contribution in [0.15, 0.2) is 72.5 Å². The van der Waals surface area contributed by atoms with Gasteiger partial charge in [-0.15, -0.1) is 0 Å². The molecule has 21 heavy (non-hydrogen) atoms. The van der Waals surface area contributed by atoms with Gasteiger partial charge in [-0.25, -0.2) is 0 Å². The van der Waals surface area contributed by atoms with Crippen LogP contribution in [-0.2, 0) is 9.53 Å². The maximum absolute atomic E-state index is 13.0.